The maximum absolute atomic E-state index is 15.4. The van der Waals surface area contributed by atoms with Gasteiger partial charge in [0.1, 0.15) is 6.10 Å². The Bertz CT molecular complexity index is 1550. The van der Waals surface area contributed by atoms with Crippen molar-refractivity contribution in [3.8, 4) is 0 Å². The molecule has 3 aliphatic rings. The summed E-state index contributed by atoms with van der Waals surface area (Å²) in [5.41, 5.74) is 1.76. The van der Waals surface area contributed by atoms with Crippen LogP contribution in [-0.4, -0.2) is 11.7 Å². The SMILES string of the molecule is CCC(O)c1ccc(C2=CCC(c3ccc(C4CCC(c5ccc(C6CO6)c(F)c5F)CC4)c(F)c3F)CC2)c(F)c1F. The second-order valence-corrected chi connectivity index (χ2v) is 12.1. The first-order chi connectivity index (χ1) is 20.7. The van der Waals surface area contributed by atoms with Crippen molar-refractivity contribution in [3.05, 3.63) is 111 Å². The van der Waals surface area contributed by atoms with E-state index in [1.165, 1.54) is 12.1 Å². The number of hydrogen-bond donors (Lipinski definition) is 1. The van der Waals surface area contributed by atoms with Crippen molar-refractivity contribution in [2.75, 3.05) is 6.61 Å². The van der Waals surface area contributed by atoms with Gasteiger partial charge in [-0.15, -0.1) is 0 Å². The van der Waals surface area contributed by atoms with E-state index in [0.29, 0.717) is 68.3 Å². The van der Waals surface area contributed by atoms with Gasteiger partial charge >= 0.3 is 0 Å². The van der Waals surface area contributed by atoms with Gasteiger partial charge in [0, 0.05) is 16.7 Å². The second-order valence-electron chi connectivity index (χ2n) is 12.1. The summed E-state index contributed by atoms with van der Waals surface area (Å²) in [6.07, 6.45) is 3.84. The standard InChI is InChI=1S/C35H34F6O2/c1-2-28(42)26-15-13-24(32(38)34(26)40)20-7-3-18(4-8-20)22-11-12-23(31(37)30(22)36)19-5-9-21(10-6-19)25-14-16-27(29-17-43-29)35(41)33(25)39/h7,11-16,18-19,21,28-29,42H,2-6,8-10,17H2,1H3. The molecule has 3 aromatic rings. The van der Waals surface area contributed by atoms with Crippen molar-refractivity contribution in [3.63, 3.8) is 0 Å². The third kappa shape index (κ3) is 5.64. The van der Waals surface area contributed by atoms with Gasteiger partial charge in [-0.2, -0.15) is 0 Å². The Morgan fingerprint density at radius 1 is 0.674 bits per heavy atom. The summed E-state index contributed by atoms with van der Waals surface area (Å²) >= 11 is 0. The van der Waals surface area contributed by atoms with Crippen LogP contribution in [0.15, 0.2) is 42.5 Å². The van der Waals surface area contributed by atoms with Gasteiger partial charge in [-0.05, 0) is 91.4 Å². The Labute approximate surface area is 247 Å². The highest BCUT2D eigenvalue weighted by molar-refractivity contribution is 5.67. The molecule has 1 saturated carbocycles. The number of benzene rings is 3. The molecule has 1 N–H and O–H groups in total. The molecule has 8 heteroatoms. The zero-order chi connectivity index (χ0) is 30.4. The van der Waals surface area contributed by atoms with Gasteiger partial charge in [0.2, 0.25) is 0 Å². The third-order valence-corrected chi connectivity index (χ3v) is 9.63. The average molecular weight is 601 g/mol. The van der Waals surface area contributed by atoms with Crippen molar-refractivity contribution in [2.24, 2.45) is 0 Å². The molecule has 3 unspecified atom stereocenters. The van der Waals surface area contributed by atoms with Crippen molar-refractivity contribution in [1.82, 2.24) is 0 Å². The molecule has 2 aliphatic carbocycles. The van der Waals surface area contributed by atoms with E-state index in [9.17, 15) is 22.7 Å². The minimum atomic E-state index is -1.09. The summed E-state index contributed by atoms with van der Waals surface area (Å²) in [5.74, 6) is -6.27. The van der Waals surface area contributed by atoms with Crippen LogP contribution in [0, 0.1) is 34.9 Å². The minimum absolute atomic E-state index is 0.0803. The number of allylic oxidation sites excluding steroid dienone is 2. The first-order valence-corrected chi connectivity index (χ1v) is 15.1. The summed E-state index contributed by atoms with van der Waals surface area (Å²) < 4.78 is 94.7. The van der Waals surface area contributed by atoms with Gasteiger partial charge < -0.3 is 9.84 Å². The van der Waals surface area contributed by atoms with Gasteiger partial charge in [-0.25, -0.2) is 26.3 Å². The van der Waals surface area contributed by atoms with Crippen molar-refractivity contribution in [1.29, 1.82) is 0 Å². The highest BCUT2D eigenvalue weighted by Crippen LogP contribution is 2.45. The number of epoxide rings is 1. The quantitative estimate of drug-likeness (QED) is 0.216. The van der Waals surface area contributed by atoms with E-state index < -0.39 is 41.0 Å². The van der Waals surface area contributed by atoms with E-state index in [-0.39, 0.29) is 52.5 Å². The van der Waals surface area contributed by atoms with Crippen molar-refractivity contribution in [2.45, 2.75) is 88.3 Å². The van der Waals surface area contributed by atoms with E-state index in [2.05, 4.69) is 0 Å². The van der Waals surface area contributed by atoms with Crippen LogP contribution in [0.3, 0.4) is 0 Å². The molecule has 1 saturated heterocycles. The monoisotopic (exact) mass is 600 g/mol. The second kappa shape index (κ2) is 12.1. The fraction of sp³-hybridized carbons (Fsp3) is 0.429. The lowest BCUT2D eigenvalue weighted by atomic mass is 9.75. The van der Waals surface area contributed by atoms with E-state index in [1.54, 1.807) is 37.3 Å². The first kappa shape index (κ1) is 29.9. The maximum Gasteiger partial charge on any atom is 0.166 e. The molecule has 3 aromatic carbocycles. The molecule has 0 bridgehead atoms. The summed E-state index contributed by atoms with van der Waals surface area (Å²) in [7, 11) is 0. The van der Waals surface area contributed by atoms with Crippen LogP contribution in [0.2, 0.25) is 0 Å². The topological polar surface area (TPSA) is 32.8 Å². The zero-order valence-electron chi connectivity index (χ0n) is 23.9. The lowest BCUT2D eigenvalue weighted by Crippen LogP contribution is -2.16. The van der Waals surface area contributed by atoms with Crippen LogP contribution >= 0.6 is 0 Å². The van der Waals surface area contributed by atoms with Gasteiger partial charge in [-0.3, -0.25) is 0 Å². The number of hydrogen-bond acceptors (Lipinski definition) is 2. The van der Waals surface area contributed by atoms with Gasteiger partial charge in [0.25, 0.3) is 0 Å². The molecule has 0 spiro atoms. The van der Waals surface area contributed by atoms with Gasteiger partial charge in [0.15, 0.2) is 34.9 Å². The lowest BCUT2D eigenvalue weighted by Gasteiger charge is -2.30. The molecule has 1 aliphatic heterocycles. The van der Waals surface area contributed by atoms with Crippen LogP contribution in [0.1, 0.15) is 122 Å². The van der Waals surface area contributed by atoms with E-state index in [0.717, 1.165) is 0 Å². The molecule has 2 nitrogen and oxygen atoms in total. The molecule has 228 valence electrons. The Morgan fingerprint density at radius 2 is 1.19 bits per heavy atom. The van der Waals surface area contributed by atoms with Gasteiger partial charge in [-0.1, -0.05) is 49.4 Å². The Hall–Kier alpha value is -3.10. The van der Waals surface area contributed by atoms with Gasteiger partial charge in [0.05, 0.1) is 12.7 Å². The molecule has 3 atom stereocenters. The zero-order valence-corrected chi connectivity index (χ0v) is 23.9. The summed E-state index contributed by atoms with van der Waals surface area (Å²) in [6.45, 7) is 2.07. The minimum Gasteiger partial charge on any atom is -0.388 e. The first-order valence-electron chi connectivity index (χ1n) is 15.1. The van der Waals surface area contributed by atoms with E-state index in [4.69, 9.17) is 4.74 Å². The van der Waals surface area contributed by atoms with Crippen molar-refractivity contribution >= 4 is 5.57 Å². The largest absolute Gasteiger partial charge is 0.388 e. The molecule has 0 amide bonds. The molecule has 43 heavy (non-hydrogen) atoms. The molecular formula is C35H34F6O2. The van der Waals surface area contributed by atoms with E-state index in [1.807, 2.05) is 0 Å². The molecule has 1 heterocycles. The molecule has 6 rings (SSSR count). The summed E-state index contributed by atoms with van der Waals surface area (Å²) in [5, 5.41) is 9.93. The van der Waals surface area contributed by atoms with Crippen LogP contribution in [-0.2, 0) is 4.74 Å². The normalized spacial score (nSPS) is 24.5. The molecular weight excluding hydrogens is 566 g/mol. The van der Waals surface area contributed by atoms with Crippen LogP contribution < -0.4 is 0 Å². The number of rotatable bonds is 7. The van der Waals surface area contributed by atoms with Crippen LogP contribution in [0.5, 0.6) is 0 Å². The number of ether oxygens (including phenoxy) is 1. The Morgan fingerprint density at radius 3 is 1.67 bits per heavy atom. The Kier molecular flexibility index (Phi) is 8.44. The fourth-order valence-electron chi connectivity index (χ4n) is 6.95. The highest BCUT2D eigenvalue weighted by Gasteiger charge is 2.34. The predicted molar refractivity (Wildman–Crippen MR) is 152 cm³/mol. The highest BCUT2D eigenvalue weighted by atomic mass is 19.2. The molecule has 0 radical (unpaired) electrons. The van der Waals surface area contributed by atoms with Crippen LogP contribution in [0.25, 0.3) is 5.57 Å². The smallest absolute Gasteiger partial charge is 0.166 e. The summed E-state index contributed by atoms with van der Waals surface area (Å²) in [6, 6.07) is 9.32. The number of halogens is 6. The lowest BCUT2D eigenvalue weighted by molar-refractivity contribution is 0.167. The third-order valence-electron chi connectivity index (χ3n) is 9.63. The van der Waals surface area contributed by atoms with Crippen molar-refractivity contribution < 1.29 is 36.2 Å². The number of aliphatic hydroxyl groups is 1. The summed E-state index contributed by atoms with van der Waals surface area (Å²) in [4.78, 5) is 0. The van der Waals surface area contributed by atoms with Crippen LogP contribution in [0.4, 0.5) is 26.3 Å². The predicted octanol–water partition coefficient (Wildman–Crippen LogP) is 9.83. The molecule has 2 fully saturated rings. The Balaban J connectivity index is 1.13. The number of aliphatic hydroxyl groups excluding tert-OH is 1. The van der Waals surface area contributed by atoms with E-state index >= 15 is 8.78 Å². The molecule has 0 aromatic heterocycles. The maximum atomic E-state index is 15.4. The average Bonchev–Trinajstić information content (AvgIpc) is 3.87. The fourth-order valence-corrected chi connectivity index (χ4v) is 6.95.